The van der Waals surface area contributed by atoms with Crippen LogP contribution in [0, 0.1) is 5.82 Å². The number of nitrogens with zero attached hydrogens (tertiary/aromatic N) is 4. The number of hydrogen-bond acceptors (Lipinski definition) is 7. The number of rotatable bonds is 9. The molecular formula is C25H30Cl2FN5O3. The minimum atomic E-state index is -0.483. The van der Waals surface area contributed by atoms with Crippen LogP contribution in [0.3, 0.4) is 0 Å². The van der Waals surface area contributed by atoms with E-state index in [-0.39, 0.29) is 30.0 Å². The summed E-state index contributed by atoms with van der Waals surface area (Å²) in [6, 6.07) is 7.90. The molecule has 0 aliphatic carbocycles. The molecule has 1 fully saturated rings. The Hall–Kier alpha value is -2.88. The Morgan fingerprint density at radius 2 is 2.06 bits per heavy atom. The van der Waals surface area contributed by atoms with Crippen LogP contribution in [-0.4, -0.2) is 72.6 Å². The van der Waals surface area contributed by atoms with Crippen LogP contribution in [0.15, 0.2) is 36.7 Å². The van der Waals surface area contributed by atoms with Crippen molar-refractivity contribution in [3.63, 3.8) is 0 Å². The van der Waals surface area contributed by atoms with Gasteiger partial charge in [-0.25, -0.2) is 14.4 Å². The summed E-state index contributed by atoms with van der Waals surface area (Å²) < 4.78 is 25.8. The molecule has 0 spiro atoms. The normalized spacial score (nSPS) is 15.4. The maximum atomic E-state index is 14.3. The third-order valence-corrected chi connectivity index (χ3v) is 6.28. The average Bonchev–Trinajstić information content (AvgIpc) is 3.31. The van der Waals surface area contributed by atoms with Crippen molar-refractivity contribution in [3.8, 4) is 11.5 Å². The number of benzene rings is 2. The molecule has 0 bridgehead atoms. The topological polar surface area (TPSA) is 79.8 Å². The largest absolute Gasteiger partial charge is 0.493 e. The summed E-state index contributed by atoms with van der Waals surface area (Å²) in [5, 5.41) is 3.97. The number of likely N-dealkylation sites (N-methyl/N-ethyl adjacent to an activating group) is 1. The summed E-state index contributed by atoms with van der Waals surface area (Å²) in [5.41, 5.74) is 0.880. The zero-order chi connectivity index (χ0) is 24.9. The second kappa shape index (κ2) is 12.4. The molecule has 11 heteroatoms. The SMILES string of the molecule is COc1cc2c(Nc3ccc(Cl)cc3F)ncnc2cc1OCCCN1CCC[C@H]1C(=O)N(C)C.Cl. The van der Waals surface area contributed by atoms with Gasteiger partial charge in [0.1, 0.15) is 18.0 Å². The van der Waals surface area contributed by atoms with Crippen molar-refractivity contribution < 1.29 is 18.7 Å². The number of halogens is 3. The highest BCUT2D eigenvalue weighted by Crippen LogP contribution is 2.35. The minimum absolute atomic E-state index is 0. The summed E-state index contributed by atoms with van der Waals surface area (Å²) in [6.45, 7) is 2.17. The fourth-order valence-electron chi connectivity index (χ4n) is 4.28. The lowest BCUT2D eigenvalue weighted by Gasteiger charge is -2.26. The Bertz CT molecular complexity index is 1210. The maximum absolute atomic E-state index is 14.3. The van der Waals surface area contributed by atoms with Gasteiger partial charge in [0.25, 0.3) is 0 Å². The van der Waals surface area contributed by atoms with Crippen molar-refractivity contribution in [2.45, 2.75) is 25.3 Å². The number of likely N-dealkylation sites (tertiary alicyclic amines) is 1. The molecule has 3 aromatic rings. The monoisotopic (exact) mass is 537 g/mol. The van der Waals surface area contributed by atoms with Crippen LogP contribution >= 0.6 is 24.0 Å². The molecule has 1 atom stereocenters. The van der Waals surface area contributed by atoms with E-state index in [2.05, 4.69) is 20.2 Å². The van der Waals surface area contributed by atoms with Gasteiger partial charge in [0, 0.05) is 37.1 Å². The number of aromatic nitrogens is 2. The highest BCUT2D eigenvalue weighted by Gasteiger charge is 2.31. The van der Waals surface area contributed by atoms with Crippen LogP contribution in [0.2, 0.25) is 5.02 Å². The number of methoxy groups -OCH3 is 1. The van der Waals surface area contributed by atoms with Gasteiger partial charge in [0.15, 0.2) is 11.5 Å². The first kappa shape index (κ1) is 27.7. The summed E-state index contributed by atoms with van der Waals surface area (Å²) in [5.74, 6) is 1.19. The van der Waals surface area contributed by atoms with E-state index in [0.717, 1.165) is 32.4 Å². The maximum Gasteiger partial charge on any atom is 0.239 e. The van der Waals surface area contributed by atoms with E-state index in [0.29, 0.717) is 39.8 Å². The number of hydrogen-bond donors (Lipinski definition) is 1. The summed E-state index contributed by atoms with van der Waals surface area (Å²) >= 11 is 5.85. The molecule has 0 saturated carbocycles. The van der Waals surface area contributed by atoms with Crippen LogP contribution in [-0.2, 0) is 4.79 Å². The Balaban J connectivity index is 0.00000361. The van der Waals surface area contributed by atoms with Crippen molar-refractivity contribution in [1.82, 2.24) is 19.8 Å². The van der Waals surface area contributed by atoms with E-state index in [9.17, 15) is 9.18 Å². The van der Waals surface area contributed by atoms with E-state index >= 15 is 0 Å². The van der Waals surface area contributed by atoms with E-state index in [1.165, 1.54) is 12.4 Å². The molecule has 1 aliphatic heterocycles. The summed E-state index contributed by atoms with van der Waals surface area (Å²) in [7, 11) is 5.15. The lowest BCUT2D eigenvalue weighted by atomic mass is 10.2. The third-order valence-electron chi connectivity index (χ3n) is 6.04. The smallest absolute Gasteiger partial charge is 0.239 e. The van der Waals surface area contributed by atoms with Gasteiger partial charge in [0.2, 0.25) is 5.91 Å². The van der Waals surface area contributed by atoms with E-state index in [1.54, 1.807) is 50.4 Å². The lowest BCUT2D eigenvalue weighted by molar-refractivity contribution is -0.133. The standard InChI is InChI=1S/C25H29ClFN5O3.ClH/c1-31(2)25(33)21-6-4-9-32(21)10-5-11-35-23-14-20-17(13-22(23)34-3)24(29-15-28-20)30-19-8-7-16(26)12-18(19)27;/h7-8,12-15,21H,4-6,9-11H2,1-3H3,(H,28,29,30);1H/t21-;/m0./s1. The number of fused-ring (bicyclic) bond motifs is 1. The van der Waals surface area contributed by atoms with Crippen LogP contribution in [0.5, 0.6) is 11.5 Å². The molecular weight excluding hydrogens is 508 g/mol. The van der Waals surface area contributed by atoms with Crippen LogP contribution in [0.25, 0.3) is 10.9 Å². The van der Waals surface area contributed by atoms with Gasteiger partial charge in [-0.3, -0.25) is 9.69 Å². The van der Waals surface area contributed by atoms with Gasteiger partial charge in [-0.15, -0.1) is 12.4 Å². The molecule has 36 heavy (non-hydrogen) atoms. The van der Waals surface area contributed by atoms with Gasteiger partial charge >= 0.3 is 0 Å². The Kier molecular flexibility index (Phi) is 9.53. The van der Waals surface area contributed by atoms with Gasteiger partial charge in [-0.2, -0.15) is 0 Å². The van der Waals surface area contributed by atoms with Crippen molar-refractivity contribution >= 4 is 52.3 Å². The highest BCUT2D eigenvalue weighted by molar-refractivity contribution is 6.30. The second-order valence-corrected chi connectivity index (χ2v) is 9.06. The van der Waals surface area contributed by atoms with Crippen molar-refractivity contribution in [1.29, 1.82) is 0 Å². The first-order chi connectivity index (χ1) is 16.9. The number of carbonyl (C=O) groups excluding carboxylic acids is 1. The second-order valence-electron chi connectivity index (χ2n) is 8.62. The van der Waals surface area contributed by atoms with Crippen molar-refractivity contribution in [2.75, 3.05) is 46.2 Å². The van der Waals surface area contributed by atoms with E-state index < -0.39 is 5.82 Å². The lowest BCUT2D eigenvalue weighted by Crippen LogP contribution is -2.43. The fraction of sp³-hybridized carbons (Fsp3) is 0.400. The van der Waals surface area contributed by atoms with Crippen molar-refractivity contribution in [3.05, 3.63) is 47.5 Å². The van der Waals surface area contributed by atoms with Gasteiger partial charge in [-0.05, 0) is 50.1 Å². The van der Waals surface area contributed by atoms with Crippen LogP contribution < -0.4 is 14.8 Å². The zero-order valence-corrected chi connectivity index (χ0v) is 22.0. The molecule has 2 aromatic carbocycles. The van der Waals surface area contributed by atoms with Gasteiger partial charge in [-0.1, -0.05) is 11.6 Å². The van der Waals surface area contributed by atoms with Crippen LogP contribution in [0.4, 0.5) is 15.9 Å². The number of ether oxygens (including phenoxy) is 2. The molecule has 0 unspecified atom stereocenters. The van der Waals surface area contributed by atoms with Crippen molar-refractivity contribution in [2.24, 2.45) is 0 Å². The Morgan fingerprint density at radius 3 is 2.78 bits per heavy atom. The molecule has 194 valence electrons. The molecule has 2 heterocycles. The van der Waals surface area contributed by atoms with E-state index in [1.807, 2.05) is 0 Å². The van der Waals surface area contributed by atoms with Gasteiger partial charge < -0.3 is 19.7 Å². The molecule has 8 nitrogen and oxygen atoms in total. The first-order valence-electron chi connectivity index (χ1n) is 11.5. The molecule has 1 aliphatic rings. The predicted molar refractivity (Wildman–Crippen MR) is 141 cm³/mol. The Labute approximate surface area is 221 Å². The summed E-state index contributed by atoms with van der Waals surface area (Å²) in [4.78, 5) is 24.9. The number of anilines is 2. The highest BCUT2D eigenvalue weighted by atomic mass is 35.5. The molecule has 1 saturated heterocycles. The number of nitrogens with one attached hydrogen (secondary N) is 1. The van der Waals surface area contributed by atoms with E-state index in [4.69, 9.17) is 21.1 Å². The zero-order valence-electron chi connectivity index (χ0n) is 20.5. The molecule has 0 radical (unpaired) electrons. The number of carbonyl (C=O) groups is 1. The molecule has 4 rings (SSSR count). The quantitative estimate of drug-likeness (QED) is 0.388. The first-order valence-corrected chi connectivity index (χ1v) is 11.9. The van der Waals surface area contributed by atoms with Crippen LogP contribution in [0.1, 0.15) is 19.3 Å². The third kappa shape index (κ3) is 6.27. The molecule has 1 N–H and O–H groups in total. The average molecular weight is 538 g/mol. The minimum Gasteiger partial charge on any atom is -0.493 e. The predicted octanol–water partition coefficient (Wildman–Crippen LogP) is 4.92. The van der Waals surface area contributed by atoms with Gasteiger partial charge in [0.05, 0.1) is 31.0 Å². The number of amides is 1. The summed E-state index contributed by atoms with van der Waals surface area (Å²) in [6.07, 6.45) is 4.10. The molecule has 1 aromatic heterocycles. The molecule has 1 amide bonds. The Morgan fingerprint density at radius 1 is 1.25 bits per heavy atom. The fourth-order valence-corrected chi connectivity index (χ4v) is 4.43.